The molecule has 0 aliphatic heterocycles. The van der Waals surface area contributed by atoms with Gasteiger partial charge in [0, 0.05) is 6.20 Å². The van der Waals surface area contributed by atoms with Crippen molar-refractivity contribution >= 4 is 38.4 Å². The van der Waals surface area contributed by atoms with Crippen LogP contribution in [0.15, 0.2) is 53.7 Å². The predicted molar refractivity (Wildman–Crippen MR) is 96.1 cm³/mol. The van der Waals surface area contributed by atoms with Gasteiger partial charge in [0.1, 0.15) is 17.9 Å². The Labute approximate surface area is 153 Å². The molecule has 2 N–H and O–H groups in total. The Morgan fingerprint density at radius 3 is 2.56 bits per heavy atom. The van der Waals surface area contributed by atoms with Crippen molar-refractivity contribution in [2.24, 2.45) is 0 Å². The summed E-state index contributed by atoms with van der Waals surface area (Å²) in [5, 5.41) is 23.0. The van der Waals surface area contributed by atoms with Crippen LogP contribution in [0.3, 0.4) is 0 Å². The van der Waals surface area contributed by atoms with Crippen LogP contribution >= 0.6 is 0 Å². The summed E-state index contributed by atoms with van der Waals surface area (Å²) in [6, 6.07) is 7.84. The highest BCUT2D eigenvalue weighted by Crippen LogP contribution is 2.34. The Morgan fingerprint density at radius 2 is 1.96 bits per heavy atom. The van der Waals surface area contributed by atoms with Crippen molar-refractivity contribution in [3.63, 3.8) is 0 Å². The second-order valence-electron chi connectivity index (χ2n) is 5.65. The molecule has 0 saturated heterocycles. The summed E-state index contributed by atoms with van der Waals surface area (Å²) in [5.41, 5.74) is -0.614. The lowest BCUT2D eigenvalue weighted by atomic mass is 10.2. The van der Waals surface area contributed by atoms with E-state index in [1.165, 1.54) is 31.3 Å². The molecule has 27 heavy (non-hydrogen) atoms. The van der Waals surface area contributed by atoms with Gasteiger partial charge in [-0.15, -0.1) is 0 Å². The third kappa shape index (κ3) is 3.19. The molecule has 2 aromatic heterocycles. The van der Waals surface area contributed by atoms with Gasteiger partial charge in [0.2, 0.25) is 0 Å². The lowest BCUT2D eigenvalue weighted by Gasteiger charge is -2.12. The fourth-order valence-corrected chi connectivity index (χ4v) is 3.84. The fourth-order valence-electron chi connectivity index (χ4n) is 2.52. The van der Waals surface area contributed by atoms with E-state index >= 15 is 0 Å². The van der Waals surface area contributed by atoms with Gasteiger partial charge in [0.25, 0.3) is 10.0 Å². The van der Waals surface area contributed by atoms with Crippen molar-refractivity contribution in [3.05, 3.63) is 58.9 Å². The zero-order chi connectivity index (χ0) is 19.8. The van der Waals surface area contributed by atoms with E-state index in [0.717, 1.165) is 10.2 Å². The van der Waals surface area contributed by atoms with Crippen molar-refractivity contribution in [1.82, 2.24) is 8.96 Å². The number of nitrogens with one attached hydrogen (secondary N) is 1. The predicted octanol–water partition coefficient (Wildman–Crippen LogP) is 2.07. The Balaban J connectivity index is 2.23. The van der Waals surface area contributed by atoms with Gasteiger partial charge in [-0.3, -0.25) is 14.9 Å². The van der Waals surface area contributed by atoms with Gasteiger partial charge in [-0.25, -0.2) is 17.4 Å². The molecule has 0 aliphatic carbocycles. The number of fused-ring (bicyclic) bond motifs is 1. The molecule has 0 amide bonds. The van der Waals surface area contributed by atoms with Gasteiger partial charge < -0.3 is 10.4 Å². The number of carboxylic acids is 1. The van der Waals surface area contributed by atoms with Crippen molar-refractivity contribution in [1.29, 1.82) is 0 Å². The molecule has 0 saturated carbocycles. The number of anilines is 1. The van der Waals surface area contributed by atoms with Crippen molar-refractivity contribution < 1.29 is 23.2 Å². The summed E-state index contributed by atoms with van der Waals surface area (Å²) in [7, 11) is -3.98. The zero-order valence-electron chi connectivity index (χ0n) is 13.9. The van der Waals surface area contributed by atoms with Gasteiger partial charge in [0.15, 0.2) is 5.65 Å². The number of rotatable bonds is 6. The molecule has 3 aromatic rings. The van der Waals surface area contributed by atoms with Crippen LogP contribution in [0.5, 0.6) is 0 Å². The van der Waals surface area contributed by atoms with Crippen LogP contribution in [0.1, 0.15) is 6.92 Å². The smallest absolute Gasteiger partial charge is 0.325 e. The van der Waals surface area contributed by atoms with E-state index < -0.39 is 32.6 Å². The molecule has 140 valence electrons. The average Bonchev–Trinajstić information content (AvgIpc) is 3.07. The SMILES string of the molecule is CC(Nc1c([N+](=O)[O-])cnc2c1ccn2S(=O)(=O)c1ccccc1)C(=O)O. The average molecular weight is 390 g/mol. The van der Waals surface area contributed by atoms with E-state index in [0.29, 0.717) is 0 Å². The lowest BCUT2D eigenvalue weighted by molar-refractivity contribution is -0.384. The molecule has 2 heterocycles. The largest absolute Gasteiger partial charge is 0.480 e. The van der Waals surface area contributed by atoms with Crippen LogP contribution in [0.2, 0.25) is 0 Å². The van der Waals surface area contributed by atoms with E-state index in [-0.39, 0.29) is 21.6 Å². The monoisotopic (exact) mass is 390 g/mol. The van der Waals surface area contributed by atoms with Crippen LogP contribution in [0.4, 0.5) is 11.4 Å². The Morgan fingerprint density at radius 1 is 1.30 bits per heavy atom. The van der Waals surface area contributed by atoms with Crippen LogP contribution < -0.4 is 5.32 Å². The summed E-state index contributed by atoms with van der Waals surface area (Å²) in [5.74, 6) is -1.22. The third-order valence-electron chi connectivity index (χ3n) is 3.89. The number of nitrogens with zero attached hydrogens (tertiary/aromatic N) is 3. The number of carbonyl (C=O) groups is 1. The summed E-state index contributed by atoms with van der Waals surface area (Å²) in [6.07, 6.45) is 2.12. The number of benzene rings is 1. The van der Waals surface area contributed by atoms with E-state index in [1.54, 1.807) is 18.2 Å². The Hall–Kier alpha value is -3.47. The first kappa shape index (κ1) is 18.3. The number of aliphatic carboxylic acids is 1. The molecule has 1 unspecified atom stereocenters. The second-order valence-corrected chi connectivity index (χ2v) is 7.46. The molecule has 0 bridgehead atoms. The standard InChI is InChI=1S/C16H14N4O6S/c1-10(16(21)22)18-14-12-7-8-19(15(12)17-9-13(14)20(23)24)27(25,26)11-5-3-2-4-6-11/h2-10H,1H3,(H,17,18)(H,21,22). The van der Waals surface area contributed by atoms with Crippen LogP contribution in [-0.2, 0) is 14.8 Å². The number of nitro groups is 1. The second kappa shape index (κ2) is 6.68. The Bertz CT molecular complexity index is 1140. The molecule has 3 rings (SSSR count). The summed E-state index contributed by atoms with van der Waals surface area (Å²) in [6.45, 7) is 1.32. The van der Waals surface area contributed by atoms with Crippen molar-refractivity contribution in [2.45, 2.75) is 17.9 Å². The van der Waals surface area contributed by atoms with Crippen LogP contribution in [0.25, 0.3) is 11.0 Å². The van der Waals surface area contributed by atoms with Gasteiger partial charge in [0.05, 0.1) is 15.2 Å². The quantitative estimate of drug-likeness (QED) is 0.481. The first-order chi connectivity index (χ1) is 12.7. The number of pyridine rings is 1. The molecular weight excluding hydrogens is 376 g/mol. The normalized spacial score (nSPS) is 12.6. The number of aromatic nitrogens is 2. The summed E-state index contributed by atoms with van der Waals surface area (Å²) in [4.78, 5) is 25.6. The molecule has 1 aromatic carbocycles. The number of carboxylic acid groups (broad SMARTS) is 1. The van der Waals surface area contributed by atoms with E-state index in [9.17, 15) is 23.3 Å². The maximum absolute atomic E-state index is 12.8. The molecule has 0 fully saturated rings. The minimum Gasteiger partial charge on any atom is -0.480 e. The molecule has 0 aliphatic rings. The maximum atomic E-state index is 12.8. The van der Waals surface area contributed by atoms with Gasteiger partial charge >= 0.3 is 11.7 Å². The first-order valence-electron chi connectivity index (χ1n) is 7.68. The zero-order valence-corrected chi connectivity index (χ0v) is 14.8. The first-order valence-corrected chi connectivity index (χ1v) is 9.12. The molecule has 0 spiro atoms. The minimum absolute atomic E-state index is 0.0241. The molecule has 1 atom stereocenters. The van der Waals surface area contributed by atoms with Crippen LogP contribution in [0, 0.1) is 10.1 Å². The number of hydrogen-bond acceptors (Lipinski definition) is 7. The summed E-state index contributed by atoms with van der Waals surface area (Å²) < 4.78 is 26.6. The molecule has 10 nitrogen and oxygen atoms in total. The fraction of sp³-hybridized carbons (Fsp3) is 0.125. The van der Waals surface area contributed by atoms with E-state index in [4.69, 9.17) is 5.11 Å². The maximum Gasteiger partial charge on any atom is 0.325 e. The van der Waals surface area contributed by atoms with Crippen LogP contribution in [-0.4, -0.2) is 39.4 Å². The Kier molecular flexibility index (Phi) is 4.54. The van der Waals surface area contributed by atoms with Gasteiger partial charge in [-0.05, 0) is 25.1 Å². The van der Waals surface area contributed by atoms with Crippen molar-refractivity contribution in [3.8, 4) is 0 Å². The molecule has 0 radical (unpaired) electrons. The van der Waals surface area contributed by atoms with Gasteiger partial charge in [-0.1, -0.05) is 18.2 Å². The highest BCUT2D eigenvalue weighted by atomic mass is 32.2. The van der Waals surface area contributed by atoms with Crippen molar-refractivity contribution in [2.75, 3.05) is 5.32 Å². The highest BCUT2D eigenvalue weighted by Gasteiger charge is 2.26. The topological polar surface area (TPSA) is 144 Å². The number of hydrogen-bond donors (Lipinski definition) is 2. The third-order valence-corrected chi connectivity index (χ3v) is 5.57. The highest BCUT2D eigenvalue weighted by molar-refractivity contribution is 7.90. The molecular formula is C16H14N4O6S. The van der Waals surface area contributed by atoms with E-state index in [2.05, 4.69) is 10.3 Å². The summed E-state index contributed by atoms with van der Waals surface area (Å²) >= 11 is 0. The minimum atomic E-state index is -3.98. The van der Waals surface area contributed by atoms with E-state index in [1.807, 2.05) is 0 Å². The lowest BCUT2D eigenvalue weighted by Crippen LogP contribution is -2.26. The van der Waals surface area contributed by atoms with Gasteiger partial charge in [-0.2, -0.15) is 0 Å². The molecule has 11 heteroatoms.